The molecule has 1 fully saturated rings. The minimum atomic E-state index is -0.797. The van der Waals surface area contributed by atoms with E-state index < -0.39 is 11.6 Å². The summed E-state index contributed by atoms with van der Waals surface area (Å²) in [5, 5.41) is 1.93. The summed E-state index contributed by atoms with van der Waals surface area (Å²) < 4.78 is 27.6. The fraction of sp³-hybridized carbons (Fsp3) is 0.346. The number of halogens is 2. The molecule has 0 radical (unpaired) electrons. The number of carbonyl (C=O) groups excluding carboxylic acids is 1. The van der Waals surface area contributed by atoms with Crippen LogP contribution in [0.25, 0.3) is 0 Å². The first-order valence-electron chi connectivity index (χ1n) is 11.0. The molecule has 168 valence electrons. The smallest absolute Gasteiger partial charge is 0.263 e. The molecule has 2 aromatic carbocycles. The predicted molar refractivity (Wildman–Crippen MR) is 125 cm³/mol. The average Bonchev–Trinajstić information content (AvgIpc) is 3.36. The Labute approximate surface area is 192 Å². The Hall–Kier alpha value is -2.57. The monoisotopic (exact) mass is 454 g/mol. The lowest BCUT2D eigenvalue weighted by atomic mass is 9.84. The number of likely N-dealkylation sites (N-methyl/N-ethyl adjacent to an activating group) is 1. The van der Waals surface area contributed by atoms with Crippen molar-refractivity contribution in [2.45, 2.75) is 31.8 Å². The molecule has 1 aromatic heterocycles. The summed E-state index contributed by atoms with van der Waals surface area (Å²) in [6.45, 7) is 2.00. The molecule has 0 N–H and O–H groups in total. The molecule has 3 nitrogen and oxygen atoms in total. The van der Waals surface area contributed by atoms with Crippen LogP contribution in [-0.4, -0.2) is 41.9 Å². The van der Waals surface area contributed by atoms with Gasteiger partial charge in [0.1, 0.15) is 0 Å². The van der Waals surface area contributed by atoms with Crippen LogP contribution in [0.5, 0.6) is 0 Å². The molecule has 0 bridgehead atoms. The van der Waals surface area contributed by atoms with Crippen LogP contribution in [0, 0.1) is 17.6 Å². The Morgan fingerprint density at radius 3 is 2.50 bits per heavy atom. The summed E-state index contributed by atoms with van der Waals surface area (Å²) in [4.78, 5) is 17.9. The molecule has 6 heteroatoms. The van der Waals surface area contributed by atoms with Crippen LogP contribution in [-0.2, 0) is 13.0 Å². The number of hydrogen-bond donors (Lipinski definition) is 0. The Morgan fingerprint density at radius 1 is 1.06 bits per heavy atom. The van der Waals surface area contributed by atoms with E-state index in [2.05, 4.69) is 17.0 Å². The summed E-state index contributed by atoms with van der Waals surface area (Å²) in [7, 11) is 1.91. The Kier molecular flexibility index (Phi) is 7.33. The third-order valence-corrected chi connectivity index (χ3v) is 7.30. The van der Waals surface area contributed by atoms with E-state index in [1.807, 2.05) is 47.7 Å². The van der Waals surface area contributed by atoms with E-state index in [4.69, 9.17) is 0 Å². The van der Waals surface area contributed by atoms with Crippen LogP contribution >= 0.6 is 11.3 Å². The first kappa shape index (κ1) is 22.6. The topological polar surface area (TPSA) is 23.6 Å². The predicted octanol–water partition coefficient (Wildman–Crippen LogP) is 5.62. The van der Waals surface area contributed by atoms with Gasteiger partial charge in [0, 0.05) is 25.2 Å². The maximum absolute atomic E-state index is 14.1. The summed E-state index contributed by atoms with van der Waals surface area (Å²) >= 11 is 1.47. The Morgan fingerprint density at radius 2 is 1.81 bits per heavy atom. The zero-order chi connectivity index (χ0) is 22.5. The van der Waals surface area contributed by atoms with Gasteiger partial charge in [-0.25, -0.2) is 8.78 Å². The van der Waals surface area contributed by atoms with Crippen molar-refractivity contribution >= 4 is 17.2 Å². The van der Waals surface area contributed by atoms with Gasteiger partial charge < -0.3 is 4.90 Å². The number of carbonyl (C=O) groups is 1. The Balaban J connectivity index is 1.45. The summed E-state index contributed by atoms with van der Waals surface area (Å²) in [6.07, 6.45) is 2.63. The van der Waals surface area contributed by atoms with E-state index in [-0.39, 0.29) is 11.9 Å². The molecule has 1 atom stereocenters. The van der Waals surface area contributed by atoms with E-state index in [9.17, 15) is 13.6 Å². The van der Waals surface area contributed by atoms with Crippen LogP contribution < -0.4 is 0 Å². The van der Waals surface area contributed by atoms with Gasteiger partial charge in [-0.3, -0.25) is 9.69 Å². The number of hydrogen-bond acceptors (Lipinski definition) is 3. The van der Waals surface area contributed by atoms with Crippen LogP contribution in [0.1, 0.15) is 33.6 Å². The van der Waals surface area contributed by atoms with E-state index in [1.165, 1.54) is 16.9 Å². The molecule has 4 rings (SSSR count). The second-order valence-corrected chi connectivity index (χ2v) is 9.42. The summed E-state index contributed by atoms with van der Waals surface area (Å²) in [5.41, 5.74) is 1.61. The number of piperidine rings is 1. The van der Waals surface area contributed by atoms with Gasteiger partial charge in [0.2, 0.25) is 0 Å². The van der Waals surface area contributed by atoms with Crippen molar-refractivity contribution in [1.29, 1.82) is 0 Å². The fourth-order valence-electron chi connectivity index (χ4n) is 4.61. The number of likely N-dealkylation sites (tertiary alicyclic amines) is 1. The van der Waals surface area contributed by atoms with Crippen molar-refractivity contribution in [2.24, 2.45) is 5.92 Å². The van der Waals surface area contributed by atoms with Crippen molar-refractivity contribution < 1.29 is 13.6 Å². The molecule has 0 saturated carbocycles. The number of benzene rings is 2. The molecular formula is C26H28F2N2OS. The molecule has 3 aromatic rings. The van der Waals surface area contributed by atoms with Gasteiger partial charge >= 0.3 is 0 Å². The number of amides is 1. The quantitative estimate of drug-likeness (QED) is 0.463. The number of rotatable bonds is 7. The maximum Gasteiger partial charge on any atom is 0.263 e. The lowest BCUT2D eigenvalue weighted by molar-refractivity contribution is 0.0588. The third-order valence-electron chi connectivity index (χ3n) is 6.44. The average molecular weight is 455 g/mol. The normalized spacial score (nSPS) is 16.1. The first-order valence-corrected chi connectivity index (χ1v) is 11.9. The highest BCUT2D eigenvalue weighted by molar-refractivity contribution is 7.12. The van der Waals surface area contributed by atoms with Crippen molar-refractivity contribution in [3.63, 3.8) is 0 Å². The van der Waals surface area contributed by atoms with Gasteiger partial charge in [-0.05, 0) is 61.3 Å². The van der Waals surface area contributed by atoms with Crippen LogP contribution in [0.15, 0.2) is 66.0 Å². The largest absolute Gasteiger partial charge is 0.337 e. The third kappa shape index (κ3) is 5.25. The number of nitrogens with zero attached hydrogens (tertiary/aromatic N) is 2. The van der Waals surface area contributed by atoms with Crippen molar-refractivity contribution in [1.82, 2.24) is 9.80 Å². The van der Waals surface area contributed by atoms with Gasteiger partial charge in [0.05, 0.1) is 4.88 Å². The highest BCUT2D eigenvalue weighted by Gasteiger charge is 2.32. The molecule has 0 spiro atoms. The van der Waals surface area contributed by atoms with E-state index in [0.717, 1.165) is 43.3 Å². The molecule has 2 heterocycles. The van der Waals surface area contributed by atoms with Gasteiger partial charge in [0.15, 0.2) is 11.6 Å². The lowest BCUT2D eigenvalue weighted by Crippen LogP contribution is -2.47. The van der Waals surface area contributed by atoms with Crippen LogP contribution in [0.2, 0.25) is 0 Å². The van der Waals surface area contributed by atoms with Crippen molar-refractivity contribution in [3.8, 4) is 0 Å². The molecule has 1 aliphatic heterocycles. The molecule has 1 saturated heterocycles. The highest BCUT2D eigenvalue weighted by atomic mass is 32.1. The SMILES string of the molecule is CN(C(=O)c1cccs1)C(Cc1ccccc1)C1CCN(Cc2cccc(F)c2F)CC1. The molecule has 1 unspecified atom stereocenters. The minimum absolute atomic E-state index is 0.0604. The number of thiophene rings is 1. The van der Waals surface area contributed by atoms with Crippen molar-refractivity contribution in [3.05, 3.63) is 93.7 Å². The van der Waals surface area contributed by atoms with Gasteiger partial charge in [0.25, 0.3) is 5.91 Å². The zero-order valence-corrected chi connectivity index (χ0v) is 19.0. The Bertz CT molecular complexity index is 1020. The van der Waals surface area contributed by atoms with E-state index >= 15 is 0 Å². The second-order valence-electron chi connectivity index (χ2n) is 8.48. The van der Waals surface area contributed by atoms with E-state index in [1.54, 1.807) is 12.1 Å². The highest BCUT2D eigenvalue weighted by Crippen LogP contribution is 2.29. The van der Waals surface area contributed by atoms with Gasteiger partial charge in [-0.1, -0.05) is 48.5 Å². The minimum Gasteiger partial charge on any atom is -0.337 e. The summed E-state index contributed by atoms with van der Waals surface area (Å²) in [5.74, 6) is -1.14. The standard InChI is InChI=1S/C26H28F2N2OS/c1-29(26(31)24-11-6-16-32-24)23(17-19-7-3-2-4-8-19)20-12-14-30(15-13-20)18-21-9-5-10-22(27)25(21)28/h2-11,16,20,23H,12-15,17-18H2,1H3. The van der Waals surface area contributed by atoms with Crippen LogP contribution in [0.4, 0.5) is 8.78 Å². The lowest BCUT2D eigenvalue weighted by Gasteiger charge is -2.40. The second kappa shape index (κ2) is 10.4. The molecular weight excluding hydrogens is 426 g/mol. The van der Waals surface area contributed by atoms with Gasteiger partial charge in [-0.15, -0.1) is 11.3 Å². The zero-order valence-electron chi connectivity index (χ0n) is 18.2. The molecule has 32 heavy (non-hydrogen) atoms. The maximum atomic E-state index is 14.1. The van der Waals surface area contributed by atoms with E-state index in [0.29, 0.717) is 18.0 Å². The van der Waals surface area contributed by atoms with Crippen LogP contribution in [0.3, 0.4) is 0 Å². The fourth-order valence-corrected chi connectivity index (χ4v) is 5.31. The molecule has 1 aliphatic rings. The van der Waals surface area contributed by atoms with Gasteiger partial charge in [-0.2, -0.15) is 0 Å². The molecule has 0 aliphatic carbocycles. The summed E-state index contributed by atoms with van der Waals surface area (Å²) in [6, 6.07) is 18.5. The first-order chi connectivity index (χ1) is 15.5. The van der Waals surface area contributed by atoms with Crippen molar-refractivity contribution in [2.75, 3.05) is 20.1 Å². The molecule has 1 amide bonds.